The van der Waals surface area contributed by atoms with E-state index in [1.165, 1.54) is 12.5 Å². The highest BCUT2D eigenvalue weighted by molar-refractivity contribution is 5.75. The maximum absolute atomic E-state index is 11.1. The molecule has 2 N–H and O–H groups in total. The summed E-state index contributed by atoms with van der Waals surface area (Å²) >= 11 is 0. The average Bonchev–Trinajstić information content (AvgIpc) is 2.78. The predicted octanol–water partition coefficient (Wildman–Crippen LogP) is 4.48. The minimum Gasteiger partial charge on any atom is -0.477 e. The Morgan fingerprint density at radius 1 is 1.10 bits per heavy atom. The van der Waals surface area contributed by atoms with Gasteiger partial charge in [0.15, 0.2) is 0 Å². The van der Waals surface area contributed by atoms with E-state index in [2.05, 4.69) is 36.3 Å². The highest BCUT2D eigenvalue weighted by Gasteiger charge is 2.40. The fraction of sp³-hybridized carbons (Fsp3) is 0.375. The summed E-state index contributed by atoms with van der Waals surface area (Å²) in [6.45, 7) is 6.83. The molecule has 0 radical (unpaired) electrons. The Hall–Kier alpha value is -2.67. The van der Waals surface area contributed by atoms with Gasteiger partial charge in [0.2, 0.25) is 0 Å². The van der Waals surface area contributed by atoms with Crippen LogP contribution in [0.4, 0.5) is 0 Å². The molecule has 0 unspecified atom stereocenters. The van der Waals surface area contributed by atoms with Gasteiger partial charge in [-0.05, 0) is 29.5 Å². The largest absolute Gasteiger partial charge is 0.477 e. The topological polar surface area (TPSA) is 77.0 Å². The summed E-state index contributed by atoms with van der Waals surface area (Å²) in [7, 11) is 0. The minimum atomic E-state index is -1.51. The SMILES string of the molecule is C=C(NOCCCCC1COC(C)(C(=O)O)OC1)c1ccc(-c2ccccc2)cc1. The van der Waals surface area contributed by atoms with Crippen molar-refractivity contribution in [2.45, 2.75) is 32.0 Å². The molecule has 3 rings (SSSR count). The van der Waals surface area contributed by atoms with Crippen molar-refractivity contribution in [2.24, 2.45) is 5.92 Å². The third-order valence-corrected chi connectivity index (χ3v) is 5.22. The van der Waals surface area contributed by atoms with Gasteiger partial charge in [-0.1, -0.05) is 67.6 Å². The number of benzene rings is 2. The van der Waals surface area contributed by atoms with Crippen LogP contribution in [0, 0.1) is 5.92 Å². The summed E-state index contributed by atoms with van der Waals surface area (Å²) in [5.74, 6) is -2.39. The molecule has 0 amide bonds. The number of hydroxylamine groups is 1. The van der Waals surface area contributed by atoms with Crippen LogP contribution in [0.1, 0.15) is 31.7 Å². The van der Waals surface area contributed by atoms with Gasteiger partial charge >= 0.3 is 5.97 Å². The summed E-state index contributed by atoms with van der Waals surface area (Å²) in [6.07, 6.45) is 2.72. The Morgan fingerprint density at radius 3 is 2.37 bits per heavy atom. The third kappa shape index (κ3) is 5.92. The summed E-state index contributed by atoms with van der Waals surface area (Å²) in [5, 5.41) is 9.07. The zero-order valence-electron chi connectivity index (χ0n) is 17.3. The molecule has 6 nitrogen and oxygen atoms in total. The lowest BCUT2D eigenvalue weighted by atomic mass is 10.0. The van der Waals surface area contributed by atoms with E-state index < -0.39 is 11.8 Å². The second-order valence-corrected chi connectivity index (χ2v) is 7.61. The van der Waals surface area contributed by atoms with Crippen molar-refractivity contribution in [1.82, 2.24) is 5.48 Å². The van der Waals surface area contributed by atoms with E-state index in [4.69, 9.17) is 19.4 Å². The Labute approximate surface area is 177 Å². The first-order valence-electron chi connectivity index (χ1n) is 10.2. The molecule has 1 aliphatic heterocycles. The van der Waals surface area contributed by atoms with Gasteiger partial charge in [-0.2, -0.15) is 0 Å². The Kier molecular flexibility index (Phi) is 7.63. The zero-order chi connectivity index (χ0) is 21.4. The van der Waals surface area contributed by atoms with E-state index in [1.807, 2.05) is 30.3 Å². The molecule has 30 heavy (non-hydrogen) atoms. The molecule has 160 valence electrons. The van der Waals surface area contributed by atoms with Crippen LogP contribution in [0.25, 0.3) is 16.8 Å². The number of unbranched alkanes of at least 4 members (excludes halogenated alkanes) is 1. The lowest BCUT2D eigenvalue weighted by Crippen LogP contribution is -2.47. The Balaban J connectivity index is 1.30. The van der Waals surface area contributed by atoms with Gasteiger partial charge in [0, 0.05) is 12.8 Å². The summed E-state index contributed by atoms with van der Waals surface area (Å²) in [4.78, 5) is 16.6. The first-order chi connectivity index (χ1) is 14.5. The summed E-state index contributed by atoms with van der Waals surface area (Å²) in [5.41, 5.74) is 6.95. The molecular weight excluding hydrogens is 382 g/mol. The minimum absolute atomic E-state index is 0.212. The van der Waals surface area contributed by atoms with Gasteiger partial charge in [-0.25, -0.2) is 4.79 Å². The fourth-order valence-corrected chi connectivity index (χ4v) is 3.23. The van der Waals surface area contributed by atoms with Crippen LogP contribution >= 0.6 is 0 Å². The molecule has 0 aliphatic carbocycles. The van der Waals surface area contributed by atoms with Gasteiger partial charge in [0.25, 0.3) is 5.79 Å². The van der Waals surface area contributed by atoms with Gasteiger partial charge in [-0.3, -0.25) is 10.3 Å². The van der Waals surface area contributed by atoms with Crippen molar-refractivity contribution in [2.75, 3.05) is 19.8 Å². The van der Waals surface area contributed by atoms with Gasteiger partial charge in [-0.15, -0.1) is 0 Å². The van der Waals surface area contributed by atoms with E-state index in [0.29, 0.717) is 19.8 Å². The molecule has 0 spiro atoms. The van der Waals surface area contributed by atoms with Crippen molar-refractivity contribution >= 4 is 11.7 Å². The first kappa shape index (κ1) is 22.0. The number of ether oxygens (including phenoxy) is 2. The maximum atomic E-state index is 11.1. The van der Waals surface area contributed by atoms with Crippen LogP contribution in [0.5, 0.6) is 0 Å². The van der Waals surface area contributed by atoms with Crippen LogP contribution in [0.2, 0.25) is 0 Å². The lowest BCUT2D eigenvalue weighted by Gasteiger charge is -2.34. The molecule has 1 fully saturated rings. The third-order valence-electron chi connectivity index (χ3n) is 5.22. The second-order valence-electron chi connectivity index (χ2n) is 7.61. The lowest BCUT2D eigenvalue weighted by molar-refractivity contribution is -0.271. The van der Waals surface area contributed by atoms with Gasteiger partial charge in [0.1, 0.15) is 0 Å². The number of carboxylic acids is 1. The molecule has 0 bridgehead atoms. The van der Waals surface area contributed by atoms with Crippen molar-refractivity contribution in [3.8, 4) is 11.1 Å². The molecule has 2 aromatic carbocycles. The number of rotatable bonds is 10. The smallest absolute Gasteiger partial charge is 0.364 e. The van der Waals surface area contributed by atoms with Crippen LogP contribution in [0.15, 0.2) is 61.2 Å². The molecule has 1 heterocycles. The molecular formula is C24H29NO5. The standard InChI is InChI=1S/C24H29NO5/c1-18(20-11-13-22(14-12-20)21-9-4-3-5-10-21)25-30-15-7-6-8-19-16-28-24(2,23(26)27)29-17-19/h3-5,9-14,19,25H,1,6-8,15-17H2,2H3,(H,26,27). The number of carboxylic acid groups (broad SMARTS) is 1. The van der Waals surface area contributed by atoms with E-state index in [0.717, 1.165) is 36.1 Å². The van der Waals surface area contributed by atoms with Crippen molar-refractivity contribution in [1.29, 1.82) is 0 Å². The quantitative estimate of drug-likeness (QED) is 0.443. The fourth-order valence-electron chi connectivity index (χ4n) is 3.23. The number of hydrogen-bond acceptors (Lipinski definition) is 5. The van der Waals surface area contributed by atoms with Crippen molar-refractivity contribution in [3.63, 3.8) is 0 Å². The number of nitrogens with one attached hydrogen (secondary N) is 1. The summed E-state index contributed by atoms with van der Waals surface area (Å²) in [6, 6.07) is 18.4. The first-order valence-corrected chi connectivity index (χ1v) is 10.2. The average molecular weight is 411 g/mol. The molecule has 0 aromatic heterocycles. The summed E-state index contributed by atoms with van der Waals surface area (Å²) < 4.78 is 10.7. The number of aliphatic carboxylic acids is 1. The second kappa shape index (κ2) is 10.4. The van der Waals surface area contributed by atoms with Gasteiger partial charge < -0.3 is 14.6 Å². The Morgan fingerprint density at radius 2 is 1.73 bits per heavy atom. The molecule has 0 atom stereocenters. The van der Waals surface area contributed by atoms with Crippen LogP contribution in [-0.2, 0) is 19.1 Å². The predicted molar refractivity (Wildman–Crippen MR) is 115 cm³/mol. The van der Waals surface area contributed by atoms with Crippen molar-refractivity contribution in [3.05, 3.63) is 66.7 Å². The molecule has 1 aliphatic rings. The zero-order valence-corrected chi connectivity index (χ0v) is 17.3. The number of hydrogen-bond donors (Lipinski definition) is 2. The monoisotopic (exact) mass is 411 g/mol. The van der Waals surface area contributed by atoms with Crippen LogP contribution in [0.3, 0.4) is 0 Å². The maximum Gasteiger partial charge on any atom is 0.364 e. The van der Waals surface area contributed by atoms with Gasteiger partial charge in [0.05, 0.1) is 25.5 Å². The normalized spacial score (nSPS) is 21.2. The van der Waals surface area contributed by atoms with E-state index in [1.54, 1.807) is 0 Å². The number of carbonyl (C=O) groups is 1. The highest BCUT2D eigenvalue weighted by Crippen LogP contribution is 2.24. The molecule has 0 saturated carbocycles. The van der Waals surface area contributed by atoms with Crippen molar-refractivity contribution < 1.29 is 24.2 Å². The molecule has 1 saturated heterocycles. The highest BCUT2D eigenvalue weighted by atomic mass is 16.7. The Bertz CT molecular complexity index is 826. The van der Waals surface area contributed by atoms with Crippen LogP contribution < -0.4 is 5.48 Å². The van der Waals surface area contributed by atoms with E-state index in [-0.39, 0.29) is 5.92 Å². The van der Waals surface area contributed by atoms with Crippen LogP contribution in [-0.4, -0.2) is 36.7 Å². The molecule has 6 heteroatoms. The van der Waals surface area contributed by atoms with E-state index in [9.17, 15) is 4.79 Å². The van der Waals surface area contributed by atoms with E-state index >= 15 is 0 Å². The molecule has 2 aromatic rings.